The molecule has 9 heteroatoms. The summed E-state index contributed by atoms with van der Waals surface area (Å²) in [6.45, 7) is 1.96. The number of rotatable bonds is 4. The lowest BCUT2D eigenvalue weighted by atomic mass is 10.2. The van der Waals surface area contributed by atoms with E-state index < -0.39 is 0 Å². The standard InChI is InChI=1S/C16H13N5O4/c1-9-4-14(21-25-9)20-15-7-17-11(6-18-15)16(22)19-10-2-3-12-13(5-10)24-8-23-12/h2-7H,8H2,1H3,(H,19,22)(H,18,20,21). The Hall–Kier alpha value is -3.62. The lowest BCUT2D eigenvalue weighted by molar-refractivity contribution is 0.102. The maximum Gasteiger partial charge on any atom is 0.275 e. The van der Waals surface area contributed by atoms with Crippen molar-refractivity contribution in [2.45, 2.75) is 6.92 Å². The zero-order chi connectivity index (χ0) is 17.2. The predicted molar refractivity (Wildman–Crippen MR) is 87.1 cm³/mol. The minimum Gasteiger partial charge on any atom is -0.454 e. The Morgan fingerprint density at radius 2 is 1.96 bits per heavy atom. The molecule has 1 aromatic carbocycles. The number of carbonyl (C=O) groups is 1. The highest BCUT2D eigenvalue weighted by Crippen LogP contribution is 2.34. The van der Waals surface area contributed by atoms with Crippen molar-refractivity contribution in [3.05, 3.63) is 48.1 Å². The van der Waals surface area contributed by atoms with E-state index in [9.17, 15) is 4.79 Å². The summed E-state index contributed by atoms with van der Waals surface area (Å²) in [6.07, 6.45) is 2.82. The van der Waals surface area contributed by atoms with Crippen molar-refractivity contribution in [1.29, 1.82) is 0 Å². The minimum absolute atomic E-state index is 0.178. The predicted octanol–water partition coefficient (Wildman–Crippen LogP) is 2.50. The van der Waals surface area contributed by atoms with E-state index in [0.29, 0.717) is 34.6 Å². The fourth-order valence-electron chi connectivity index (χ4n) is 2.24. The maximum absolute atomic E-state index is 12.3. The third-order valence-corrected chi connectivity index (χ3v) is 3.40. The molecule has 0 unspecified atom stereocenters. The van der Waals surface area contributed by atoms with Crippen molar-refractivity contribution in [1.82, 2.24) is 15.1 Å². The molecule has 1 aliphatic rings. The highest BCUT2D eigenvalue weighted by atomic mass is 16.7. The second kappa shape index (κ2) is 6.11. The number of carbonyl (C=O) groups excluding carboxylic acids is 1. The molecule has 0 saturated heterocycles. The van der Waals surface area contributed by atoms with Crippen molar-refractivity contribution in [3.63, 3.8) is 0 Å². The first-order chi connectivity index (χ1) is 12.2. The molecule has 25 heavy (non-hydrogen) atoms. The van der Waals surface area contributed by atoms with Crippen LogP contribution in [0.5, 0.6) is 11.5 Å². The van der Waals surface area contributed by atoms with Gasteiger partial charge >= 0.3 is 0 Å². The summed E-state index contributed by atoms with van der Waals surface area (Å²) in [4.78, 5) is 20.5. The first kappa shape index (κ1) is 14.9. The molecule has 0 bridgehead atoms. The van der Waals surface area contributed by atoms with Crippen molar-refractivity contribution in [2.24, 2.45) is 0 Å². The number of hydrogen-bond donors (Lipinski definition) is 2. The van der Waals surface area contributed by atoms with Gasteiger partial charge < -0.3 is 24.6 Å². The van der Waals surface area contributed by atoms with Gasteiger partial charge in [0.05, 0.1) is 12.4 Å². The molecule has 2 N–H and O–H groups in total. The summed E-state index contributed by atoms with van der Waals surface area (Å²) in [5.74, 6) is 2.50. The van der Waals surface area contributed by atoms with Crippen LogP contribution in [-0.4, -0.2) is 27.8 Å². The topological polar surface area (TPSA) is 111 Å². The smallest absolute Gasteiger partial charge is 0.275 e. The van der Waals surface area contributed by atoms with Gasteiger partial charge in [0.25, 0.3) is 5.91 Å². The lowest BCUT2D eigenvalue weighted by Gasteiger charge is -2.06. The second-order valence-electron chi connectivity index (χ2n) is 5.26. The first-order valence-electron chi connectivity index (χ1n) is 7.41. The van der Waals surface area contributed by atoms with Crippen LogP contribution in [0.1, 0.15) is 16.2 Å². The van der Waals surface area contributed by atoms with Gasteiger partial charge in [-0.1, -0.05) is 5.16 Å². The Bertz CT molecular complexity index is 923. The Kier molecular flexibility index (Phi) is 3.65. The van der Waals surface area contributed by atoms with Crippen LogP contribution in [0.4, 0.5) is 17.3 Å². The summed E-state index contributed by atoms with van der Waals surface area (Å²) >= 11 is 0. The third-order valence-electron chi connectivity index (χ3n) is 3.40. The van der Waals surface area contributed by atoms with Crippen molar-refractivity contribution < 1.29 is 18.8 Å². The number of ether oxygens (including phenoxy) is 2. The molecule has 126 valence electrons. The number of anilines is 3. The highest BCUT2D eigenvalue weighted by molar-refractivity contribution is 6.02. The van der Waals surface area contributed by atoms with E-state index in [0.717, 1.165) is 0 Å². The number of fused-ring (bicyclic) bond motifs is 1. The molecule has 0 aliphatic carbocycles. The molecular formula is C16H13N5O4. The molecule has 3 aromatic rings. The fourth-order valence-corrected chi connectivity index (χ4v) is 2.24. The molecule has 0 atom stereocenters. The summed E-state index contributed by atoms with van der Waals surface area (Å²) < 4.78 is 15.5. The zero-order valence-electron chi connectivity index (χ0n) is 13.1. The van der Waals surface area contributed by atoms with E-state index in [1.165, 1.54) is 12.4 Å². The lowest BCUT2D eigenvalue weighted by Crippen LogP contribution is -2.14. The number of nitrogens with one attached hydrogen (secondary N) is 2. The van der Waals surface area contributed by atoms with Gasteiger partial charge in [0, 0.05) is 17.8 Å². The van der Waals surface area contributed by atoms with E-state index in [-0.39, 0.29) is 18.4 Å². The van der Waals surface area contributed by atoms with Crippen LogP contribution < -0.4 is 20.1 Å². The SMILES string of the molecule is Cc1cc(Nc2cnc(C(=O)Nc3ccc4c(c3)OCO4)cn2)no1. The largest absolute Gasteiger partial charge is 0.454 e. The van der Waals surface area contributed by atoms with Gasteiger partial charge in [0.1, 0.15) is 17.3 Å². The van der Waals surface area contributed by atoms with Crippen LogP contribution in [0.15, 0.2) is 41.2 Å². The molecule has 4 rings (SSSR count). The fraction of sp³-hybridized carbons (Fsp3) is 0.125. The van der Waals surface area contributed by atoms with Gasteiger partial charge in [0.2, 0.25) is 6.79 Å². The highest BCUT2D eigenvalue weighted by Gasteiger charge is 2.15. The van der Waals surface area contributed by atoms with E-state index in [4.69, 9.17) is 14.0 Å². The van der Waals surface area contributed by atoms with Gasteiger partial charge in [-0.25, -0.2) is 9.97 Å². The molecular weight excluding hydrogens is 326 g/mol. The maximum atomic E-state index is 12.3. The van der Waals surface area contributed by atoms with E-state index >= 15 is 0 Å². The molecule has 9 nitrogen and oxygen atoms in total. The number of nitrogens with zero attached hydrogens (tertiary/aromatic N) is 3. The number of benzene rings is 1. The van der Waals surface area contributed by atoms with Crippen LogP contribution in [0.2, 0.25) is 0 Å². The molecule has 1 amide bonds. The van der Waals surface area contributed by atoms with Crippen LogP contribution in [0.25, 0.3) is 0 Å². The van der Waals surface area contributed by atoms with Gasteiger partial charge in [-0.05, 0) is 19.1 Å². The van der Waals surface area contributed by atoms with Gasteiger partial charge in [-0.2, -0.15) is 0 Å². The van der Waals surface area contributed by atoms with E-state index in [1.807, 2.05) is 0 Å². The zero-order valence-corrected chi connectivity index (χ0v) is 13.1. The number of aryl methyl sites for hydroxylation is 1. The first-order valence-corrected chi connectivity index (χ1v) is 7.41. The second-order valence-corrected chi connectivity index (χ2v) is 5.26. The summed E-state index contributed by atoms with van der Waals surface area (Å²) in [6, 6.07) is 6.87. The van der Waals surface area contributed by atoms with Crippen LogP contribution in [0, 0.1) is 6.92 Å². The van der Waals surface area contributed by atoms with Crippen LogP contribution in [-0.2, 0) is 0 Å². The Morgan fingerprint density at radius 1 is 1.08 bits per heavy atom. The van der Waals surface area contributed by atoms with E-state index in [2.05, 4.69) is 25.8 Å². The Morgan fingerprint density at radius 3 is 2.72 bits per heavy atom. The molecule has 3 heterocycles. The average Bonchev–Trinajstić information content (AvgIpc) is 3.24. The summed E-state index contributed by atoms with van der Waals surface area (Å²) in [7, 11) is 0. The molecule has 0 fully saturated rings. The van der Waals surface area contributed by atoms with Gasteiger partial charge in [-0.15, -0.1) is 0 Å². The van der Waals surface area contributed by atoms with Crippen molar-refractivity contribution in [2.75, 3.05) is 17.4 Å². The van der Waals surface area contributed by atoms with Crippen molar-refractivity contribution in [3.8, 4) is 11.5 Å². The van der Waals surface area contributed by atoms with Crippen molar-refractivity contribution >= 4 is 23.2 Å². The van der Waals surface area contributed by atoms with Gasteiger partial charge in [0.15, 0.2) is 17.3 Å². The Labute approximate surface area is 142 Å². The van der Waals surface area contributed by atoms with Gasteiger partial charge in [-0.3, -0.25) is 4.79 Å². The molecule has 0 radical (unpaired) electrons. The average molecular weight is 339 g/mol. The minimum atomic E-state index is -0.379. The van der Waals surface area contributed by atoms with E-state index in [1.54, 1.807) is 31.2 Å². The third kappa shape index (κ3) is 3.20. The summed E-state index contributed by atoms with van der Waals surface area (Å²) in [5, 5.41) is 9.46. The molecule has 0 spiro atoms. The molecule has 2 aromatic heterocycles. The Balaban J connectivity index is 1.43. The van der Waals surface area contributed by atoms with Crippen LogP contribution in [0.3, 0.4) is 0 Å². The number of aromatic nitrogens is 3. The van der Waals surface area contributed by atoms with Crippen LogP contribution >= 0.6 is 0 Å². The number of amides is 1. The molecule has 1 aliphatic heterocycles. The monoisotopic (exact) mass is 339 g/mol. The molecule has 0 saturated carbocycles. The number of hydrogen-bond acceptors (Lipinski definition) is 8. The quantitative estimate of drug-likeness (QED) is 0.746. The summed E-state index contributed by atoms with van der Waals surface area (Å²) in [5.41, 5.74) is 0.760. The normalized spacial score (nSPS) is 12.0.